The summed E-state index contributed by atoms with van der Waals surface area (Å²) in [6, 6.07) is 7.63. The van der Waals surface area contributed by atoms with Crippen molar-refractivity contribution in [3.63, 3.8) is 0 Å². The molecule has 0 radical (unpaired) electrons. The third-order valence-electron chi connectivity index (χ3n) is 2.55. The minimum Gasteiger partial charge on any atom is -0.497 e. The molecule has 0 bridgehead atoms. The van der Waals surface area contributed by atoms with Gasteiger partial charge < -0.3 is 9.84 Å². The van der Waals surface area contributed by atoms with Gasteiger partial charge in [0.15, 0.2) is 0 Å². The predicted molar refractivity (Wildman–Crippen MR) is 63.7 cm³/mol. The SMILES string of the molecule is COc1ccc(CC(O)c2cncnc2)cc1. The molecule has 0 fully saturated rings. The van der Waals surface area contributed by atoms with Crippen molar-refractivity contribution in [1.82, 2.24) is 9.97 Å². The minimum atomic E-state index is -0.579. The summed E-state index contributed by atoms with van der Waals surface area (Å²) in [4.78, 5) is 7.77. The second-order valence-corrected chi connectivity index (χ2v) is 3.74. The number of methoxy groups -OCH3 is 1. The largest absolute Gasteiger partial charge is 0.497 e. The highest BCUT2D eigenvalue weighted by Crippen LogP contribution is 2.18. The maximum atomic E-state index is 9.99. The number of benzene rings is 1. The van der Waals surface area contributed by atoms with E-state index in [1.54, 1.807) is 19.5 Å². The number of hydrogen-bond donors (Lipinski definition) is 1. The van der Waals surface area contributed by atoms with Crippen molar-refractivity contribution in [3.8, 4) is 5.75 Å². The molecule has 4 nitrogen and oxygen atoms in total. The number of rotatable bonds is 4. The second-order valence-electron chi connectivity index (χ2n) is 3.74. The topological polar surface area (TPSA) is 55.2 Å². The molecule has 2 aromatic rings. The van der Waals surface area contributed by atoms with Crippen molar-refractivity contribution < 1.29 is 9.84 Å². The van der Waals surface area contributed by atoms with Crippen LogP contribution in [-0.2, 0) is 6.42 Å². The Bertz CT molecular complexity index is 457. The first-order valence-electron chi connectivity index (χ1n) is 5.35. The molecular formula is C13H14N2O2. The average molecular weight is 230 g/mol. The van der Waals surface area contributed by atoms with Gasteiger partial charge in [0, 0.05) is 24.4 Å². The molecule has 0 aliphatic carbocycles. The Morgan fingerprint density at radius 1 is 1.18 bits per heavy atom. The Hall–Kier alpha value is -1.94. The highest BCUT2D eigenvalue weighted by Gasteiger charge is 2.08. The van der Waals surface area contributed by atoms with Crippen LogP contribution in [-0.4, -0.2) is 22.2 Å². The van der Waals surface area contributed by atoms with E-state index in [1.165, 1.54) is 6.33 Å². The van der Waals surface area contributed by atoms with Crippen molar-refractivity contribution in [2.75, 3.05) is 7.11 Å². The fourth-order valence-electron chi connectivity index (χ4n) is 1.59. The van der Waals surface area contributed by atoms with Gasteiger partial charge in [0.05, 0.1) is 13.2 Å². The molecule has 88 valence electrons. The van der Waals surface area contributed by atoms with E-state index in [9.17, 15) is 5.11 Å². The minimum absolute atomic E-state index is 0.539. The first-order chi connectivity index (χ1) is 8.29. The van der Waals surface area contributed by atoms with Gasteiger partial charge in [-0.1, -0.05) is 12.1 Å². The number of aromatic nitrogens is 2. The molecule has 0 amide bonds. The zero-order valence-electron chi connectivity index (χ0n) is 9.58. The highest BCUT2D eigenvalue weighted by molar-refractivity contribution is 5.28. The van der Waals surface area contributed by atoms with E-state index in [0.29, 0.717) is 6.42 Å². The zero-order valence-corrected chi connectivity index (χ0v) is 9.58. The Morgan fingerprint density at radius 2 is 1.82 bits per heavy atom. The van der Waals surface area contributed by atoms with E-state index in [-0.39, 0.29) is 0 Å². The molecular weight excluding hydrogens is 216 g/mol. The lowest BCUT2D eigenvalue weighted by Crippen LogP contribution is -2.02. The molecule has 1 atom stereocenters. The van der Waals surface area contributed by atoms with Gasteiger partial charge in [0.25, 0.3) is 0 Å². The maximum absolute atomic E-state index is 9.99. The normalized spacial score (nSPS) is 12.1. The Morgan fingerprint density at radius 3 is 2.41 bits per heavy atom. The molecule has 0 saturated heterocycles. The van der Waals surface area contributed by atoms with E-state index in [1.807, 2.05) is 24.3 Å². The van der Waals surface area contributed by atoms with E-state index in [0.717, 1.165) is 16.9 Å². The molecule has 0 spiro atoms. The molecule has 1 unspecified atom stereocenters. The maximum Gasteiger partial charge on any atom is 0.118 e. The molecule has 1 aromatic carbocycles. The van der Waals surface area contributed by atoms with Gasteiger partial charge in [-0.2, -0.15) is 0 Å². The standard InChI is InChI=1S/C13H14N2O2/c1-17-12-4-2-10(3-5-12)6-13(16)11-7-14-9-15-8-11/h2-5,7-9,13,16H,6H2,1H3. The number of aliphatic hydroxyl groups excluding tert-OH is 1. The molecule has 17 heavy (non-hydrogen) atoms. The molecule has 0 aliphatic rings. The van der Waals surface area contributed by atoms with Gasteiger partial charge in [-0.25, -0.2) is 9.97 Å². The third kappa shape index (κ3) is 3.01. The molecule has 4 heteroatoms. The summed E-state index contributed by atoms with van der Waals surface area (Å²) in [5.41, 5.74) is 1.77. The van der Waals surface area contributed by atoms with Crippen LogP contribution in [0.1, 0.15) is 17.2 Å². The molecule has 0 aliphatic heterocycles. The molecule has 1 heterocycles. The quantitative estimate of drug-likeness (QED) is 0.869. The van der Waals surface area contributed by atoms with Gasteiger partial charge >= 0.3 is 0 Å². The highest BCUT2D eigenvalue weighted by atomic mass is 16.5. The van der Waals surface area contributed by atoms with Crippen molar-refractivity contribution >= 4 is 0 Å². The van der Waals surface area contributed by atoms with Crippen LogP contribution in [0.4, 0.5) is 0 Å². The fourth-order valence-corrected chi connectivity index (χ4v) is 1.59. The average Bonchev–Trinajstić information content (AvgIpc) is 2.40. The number of hydrogen-bond acceptors (Lipinski definition) is 4. The number of aliphatic hydroxyl groups is 1. The lowest BCUT2D eigenvalue weighted by atomic mass is 10.0. The first-order valence-corrected chi connectivity index (χ1v) is 5.35. The Labute approximate surface area is 99.9 Å². The van der Waals surface area contributed by atoms with Crippen LogP contribution in [0.2, 0.25) is 0 Å². The lowest BCUT2D eigenvalue weighted by molar-refractivity contribution is 0.177. The van der Waals surface area contributed by atoms with Crippen LogP contribution in [0.25, 0.3) is 0 Å². The zero-order chi connectivity index (χ0) is 12.1. The van der Waals surface area contributed by atoms with Crippen molar-refractivity contribution in [3.05, 3.63) is 54.1 Å². The molecule has 1 aromatic heterocycles. The number of nitrogens with zero attached hydrogens (tertiary/aromatic N) is 2. The van der Waals surface area contributed by atoms with Crippen molar-refractivity contribution in [2.45, 2.75) is 12.5 Å². The van der Waals surface area contributed by atoms with Crippen molar-refractivity contribution in [2.24, 2.45) is 0 Å². The second kappa shape index (κ2) is 5.41. The Balaban J connectivity index is 2.05. The summed E-state index contributed by atoms with van der Waals surface area (Å²) in [5, 5.41) is 9.99. The van der Waals surface area contributed by atoms with E-state index in [2.05, 4.69) is 9.97 Å². The number of ether oxygens (including phenoxy) is 1. The summed E-state index contributed by atoms with van der Waals surface area (Å²) in [5.74, 6) is 0.811. The van der Waals surface area contributed by atoms with Crippen LogP contribution in [0.15, 0.2) is 43.0 Å². The van der Waals surface area contributed by atoms with Crippen LogP contribution in [0.5, 0.6) is 5.75 Å². The van der Waals surface area contributed by atoms with Crippen molar-refractivity contribution in [1.29, 1.82) is 0 Å². The molecule has 1 N–H and O–H groups in total. The summed E-state index contributed by atoms with van der Waals surface area (Å²) in [7, 11) is 1.63. The van der Waals surface area contributed by atoms with E-state index < -0.39 is 6.10 Å². The van der Waals surface area contributed by atoms with Gasteiger partial charge in [0.1, 0.15) is 12.1 Å². The van der Waals surface area contributed by atoms with Gasteiger partial charge in [-0.05, 0) is 17.7 Å². The van der Waals surface area contributed by atoms with Crippen LogP contribution < -0.4 is 4.74 Å². The van der Waals surface area contributed by atoms with E-state index >= 15 is 0 Å². The van der Waals surface area contributed by atoms with Crippen LogP contribution in [0, 0.1) is 0 Å². The predicted octanol–water partition coefficient (Wildman–Crippen LogP) is 1.76. The van der Waals surface area contributed by atoms with Gasteiger partial charge in [0.2, 0.25) is 0 Å². The van der Waals surface area contributed by atoms with Gasteiger partial charge in [-0.3, -0.25) is 0 Å². The smallest absolute Gasteiger partial charge is 0.118 e. The summed E-state index contributed by atoms with van der Waals surface area (Å²) < 4.78 is 5.08. The molecule has 0 saturated carbocycles. The van der Waals surface area contributed by atoms with E-state index in [4.69, 9.17) is 4.74 Å². The summed E-state index contributed by atoms with van der Waals surface area (Å²) in [6.07, 6.45) is 4.66. The fraction of sp³-hybridized carbons (Fsp3) is 0.231. The van der Waals surface area contributed by atoms with Crippen LogP contribution >= 0.6 is 0 Å². The molecule has 2 rings (SSSR count). The first kappa shape index (κ1) is 11.5. The van der Waals surface area contributed by atoms with Crippen LogP contribution in [0.3, 0.4) is 0 Å². The summed E-state index contributed by atoms with van der Waals surface area (Å²) in [6.45, 7) is 0. The summed E-state index contributed by atoms with van der Waals surface area (Å²) >= 11 is 0. The lowest BCUT2D eigenvalue weighted by Gasteiger charge is -2.10. The van der Waals surface area contributed by atoms with Gasteiger partial charge in [-0.15, -0.1) is 0 Å². The monoisotopic (exact) mass is 230 g/mol. The Kier molecular flexibility index (Phi) is 3.67. The third-order valence-corrected chi connectivity index (χ3v) is 2.55.